The summed E-state index contributed by atoms with van der Waals surface area (Å²) in [6.45, 7) is 6.14. The molecule has 0 bridgehead atoms. The molecule has 17 heavy (non-hydrogen) atoms. The molecule has 0 spiro atoms. The van der Waals surface area contributed by atoms with Crippen LogP contribution in [-0.4, -0.2) is 16.1 Å². The fraction of sp³-hybridized carbons (Fsp3) is 0.357. The smallest absolute Gasteiger partial charge is 0.0642 e. The third kappa shape index (κ3) is 3.17. The molecule has 0 aliphatic carbocycles. The summed E-state index contributed by atoms with van der Waals surface area (Å²) in [5, 5.41) is 3.41. The van der Waals surface area contributed by atoms with Crippen molar-refractivity contribution >= 4 is 0 Å². The van der Waals surface area contributed by atoms with Gasteiger partial charge in [-0.2, -0.15) is 0 Å². The second-order valence-electron chi connectivity index (χ2n) is 4.22. The highest BCUT2D eigenvalue weighted by Gasteiger charge is 2.05. The Morgan fingerprint density at radius 3 is 2.94 bits per heavy atom. The second kappa shape index (κ2) is 5.64. The van der Waals surface area contributed by atoms with E-state index in [1.54, 1.807) is 0 Å². The highest BCUT2D eigenvalue weighted by molar-refractivity contribution is 5.16. The summed E-state index contributed by atoms with van der Waals surface area (Å²) in [6, 6.07) is 8.58. The Balaban J connectivity index is 2.04. The molecule has 0 saturated carbocycles. The van der Waals surface area contributed by atoms with Crippen LogP contribution in [0.1, 0.15) is 31.1 Å². The van der Waals surface area contributed by atoms with Gasteiger partial charge in [0.2, 0.25) is 0 Å². The lowest BCUT2D eigenvalue weighted by atomic mass is 10.2. The lowest BCUT2D eigenvalue weighted by Crippen LogP contribution is -2.17. The van der Waals surface area contributed by atoms with Crippen molar-refractivity contribution in [2.24, 2.45) is 0 Å². The topological polar surface area (TPSA) is 29.9 Å². The largest absolute Gasteiger partial charge is 0.348 e. The van der Waals surface area contributed by atoms with E-state index in [1.807, 2.05) is 24.4 Å². The minimum absolute atomic E-state index is 0.407. The summed E-state index contributed by atoms with van der Waals surface area (Å²) in [7, 11) is 0. The van der Waals surface area contributed by atoms with Gasteiger partial charge in [-0.3, -0.25) is 4.98 Å². The first-order valence-electron chi connectivity index (χ1n) is 6.08. The minimum Gasteiger partial charge on any atom is -0.348 e. The van der Waals surface area contributed by atoms with E-state index in [-0.39, 0.29) is 0 Å². The Bertz CT molecular complexity index is 448. The van der Waals surface area contributed by atoms with Crippen LogP contribution in [0.15, 0.2) is 42.9 Å². The normalized spacial score (nSPS) is 12.6. The van der Waals surface area contributed by atoms with Crippen LogP contribution in [-0.2, 0) is 6.54 Å². The maximum absolute atomic E-state index is 4.33. The molecule has 1 atom stereocenters. The Labute approximate surface area is 103 Å². The Kier molecular flexibility index (Phi) is 3.94. The molecule has 0 amide bonds. The molecule has 0 aromatic carbocycles. The van der Waals surface area contributed by atoms with Gasteiger partial charge in [0.05, 0.1) is 12.2 Å². The van der Waals surface area contributed by atoms with Crippen LogP contribution in [0.5, 0.6) is 0 Å². The van der Waals surface area contributed by atoms with Crippen LogP contribution in [0.2, 0.25) is 0 Å². The Morgan fingerprint density at radius 1 is 1.35 bits per heavy atom. The fourth-order valence-electron chi connectivity index (χ4n) is 1.92. The van der Waals surface area contributed by atoms with E-state index in [2.05, 4.69) is 47.2 Å². The predicted molar refractivity (Wildman–Crippen MR) is 69.9 cm³/mol. The average molecular weight is 229 g/mol. The first-order chi connectivity index (χ1) is 8.29. The fourth-order valence-corrected chi connectivity index (χ4v) is 1.92. The molecular formula is C14H19N3. The monoisotopic (exact) mass is 229 g/mol. The Morgan fingerprint density at radius 2 is 2.24 bits per heavy atom. The van der Waals surface area contributed by atoms with Gasteiger partial charge in [0.1, 0.15) is 0 Å². The van der Waals surface area contributed by atoms with Gasteiger partial charge in [-0.1, -0.05) is 13.0 Å². The lowest BCUT2D eigenvalue weighted by Gasteiger charge is -2.09. The van der Waals surface area contributed by atoms with Crippen molar-refractivity contribution in [1.29, 1.82) is 0 Å². The SMILES string of the molecule is CCNC(C)c1ccn(Cc2ccccn2)c1. The summed E-state index contributed by atoms with van der Waals surface area (Å²) in [4.78, 5) is 4.33. The molecule has 0 saturated heterocycles. The summed E-state index contributed by atoms with van der Waals surface area (Å²) < 4.78 is 2.17. The molecule has 1 unspecified atom stereocenters. The number of pyridine rings is 1. The van der Waals surface area contributed by atoms with E-state index in [0.29, 0.717) is 6.04 Å². The van der Waals surface area contributed by atoms with E-state index in [1.165, 1.54) is 5.56 Å². The molecule has 0 fully saturated rings. The van der Waals surface area contributed by atoms with Crippen LogP contribution in [0, 0.1) is 0 Å². The maximum Gasteiger partial charge on any atom is 0.0642 e. The summed E-state index contributed by atoms with van der Waals surface area (Å²) in [5.74, 6) is 0. The molecular weight excluding hydrogens is 210 g/mol. The number of rotatable bonds is 5. The van der Waals surface area contributed by atoms with E-state index in [4.69, 9.17) is 0 Å². The van der Waals surface area contributed by atoms with Crippen molar-refractivity contribution in [3.05, 3.63) is 54.1 Å². The zero-order chi connectivity index (χ0) is 12.1. The van der Waals surface area contributed by atoms with Crippen LogP contribution < -0.4 is 5.32 Å². The van der Waals surface area contributed by atoms with Gasteiger partial charge in [0.15, 0.2) is 0 Å². The van der Waals surface area contributed by atoms with E-state index >= 15 is 0 Å². The van der Waals surface area contributed by atoms with Crippen molar-refractivity contribution in [1.82, 2.24) is 14.9 Å². The first kappa shape index (κ1) is 11.9. The zero-order valence-electron chi connectivity index (χ0n) is 10.4. The number of nitrogens with one attached hydrogen (secondary N) is 1. The molecule has 3 nitrogen and oxygen atoms in total. The average Bonchev–Trinajstić information content (AvgIpc) is 2.79. The van der Waals surface area contributed by atoms with Gasteiger partial charge in [-0.05, 0) is 37.2 Å². The van der Waals surface area contributed by atoms with Crippen molar-refractivity contribution in [3.8, 4) is 0 Å². The van der Waals surface area contributed by atoms with Crippen LogP contribution in [0.25, 0.3) is 0 Å². The summed E-state index contributed by atoms with van der Waals surface area (Å²) in [6.07, 6.45) is 6.13. The second-order valence-corrected chi connectivity index (χ2v) is 4.22. The van der Waals surface area contributed by atoms with Crippen LogP contribution in [0.4, 0.5) is 0 Å². The van der Waals surface area contributed by atoms with Crippen LogP contribution in [0.3, 0.4) is 0 Å². The van der Waals surface area contributed by atoms with Gasteiger partial charge in [-0.15, -0.1) is 0 Å². The molecule has 90 valence electrons. The number of hydrogen-bond acceptors (Lipinski definition) is 2. The standard InChI is InChI=1S/C14H19N3/c1-3-15-12(2)13-7-9-17(10-13)11-14-6-4-5-8-16-14/h4-10,12,15H,3,11H2,1-2H3. The molecule has 2 aromatic heterocycles. The van der Waals surface area contributed by atoms with E-state index < -0.39 is 0 Å². The molecule has 1 N–H and O–H groups in total. The van der Waals surface area contributed by atoms with Gasteiger partial charge in [0, 0.05) is 24.6 Å². The maximum atomic E-state index is 4.33. The summed E-state index contributed by atoms with van der Waals surface area (Å²) in [5.41, 5.74) is 2.41. The van der Waals surface area contributed by atoms with Crippen molar-refractivity contribution in [2.75, 3.05) is 6.54 Å². The highest BCUT2D eigenvalue weighted by Crippen LogP contribution is 2.13. The molecule has 2 heterocycles. The molecule has 0 radical (unpaired) electrons. The van der Waals surface area contributed by atoms with Crippen LogP contribution >= 0.6 is 0 Å². The predicted octanol–water partition coefficient (Wildman–Crippen LogP) is 2.60. The third-order valence-corrected chi connectivity index (χ3v) is 2.85. The van der Waals surface area contributed by atoms with E-state index in [0.717, 1.165) is 18.8 Å². The molecule has 3 heteroatoms. The van der Waals surface area contributed by atoms with Gasteiger partial charge in [-0.25, -0.2) is 0 Å². The van der Waals surface area contributed by atoms with Crippen molar-refractivity contribution in [3.63, 3.8) is 0 Å². The first-order valence-corrected chi connectivity index (χ1v) is 6.08. The summed E-state index contributed by atoms with van der Waals surface area (Å²) >= 11 is 0. The molecule has 2 aromatic rings. The van der Waals surface area contributed by atoms with Crippen molar-refractivity contribution < 1.29 is 0 Å². The highest BCUT2D eigenvalue weighted by atomic mass is 15.0. The van der Waals surface area contributed by atoms with Gasteiger partial charge in [0.25, 0.3) is 0 Å². The van der Waals surface area contributed by atoms with Gasteiger partial charge >= 0.3 is 0 Å². The molecule has 2 rings (SSSR count). The number of aromatic nitrogens is 2. The Hall–Kier alpha value is -1.61. The quantitative estimate of drug-likeness (QED) is 0.854. The van der Waals surface area contributed by atoms with Gasteiger partial charge < -0.3 is 9.88 Å². The van der Waals surface area contributed by atoms with E-state index in [9.17, 15) is 0 Å². The number of hydrogen-bond donors (Lipinski definition) is 1. The molecule has 0 aliphatic rings. The lowest BCUT2D eigenvalue weighted by molar-refractivity contribution is 0.596. The third-order valence-electron chi connectivity index (χ3n) is 2.85. The minimum atomic E-state index is 0.407. The van der Waals surface area contributed by atoms with Crippen molar-refractivity contribution in [2.45, 2.75) is 26.4 Å². The zero-order valence-corrected chi connectivity index (χ0v) is 10.4. The molecule has 0 aliphatic heterocycles. The number of nitrogens with zero attached hydrogens (tertiary/aromatic N) is 2.